The van der Waals surface area contributed by atoms with Gasteiger partial charge in [-0.1, -0.05) is 18.2 Å². The van der Waals surface area contributed by atoms with Gasteiger partial charge in [0.15, 0.2) is 23.0 Å². The lowest BCUT2D eigenvalue weighted by atomic mass is 10.0. The molecule has 0 bridgehead atoms. The molecule has 0 saturated heterocycles. The molecule has 0 aliphatic heterocycles. The Morgan fingerprint density at radius 3 is 2.52 bits per heavy atom. The Balaban J connectivity index is 1.41. The van der Waals surface area contributed by atoms with Gasteiger partial charge in [-0.05, 0) is 60.9 Å². The van der Waals surface area contributed by atoms with Crippen molar-refractivity contribution in [1.82, 2.24) is 25.1 Å². The van der Waals surface area contributed by atoms with Crippen molar-refractivity contribution in [1.29, 1.82) is 0 Å². The minimum Gasteiger partial charge on any atom is -0.493 e. The summed E-state index contributed by atoms with van der Waals surface area (Å²) >= 11 is 0. The highest BCUT2D eigenvalue weighted by Crippen LogP contribution is 2.27. The molecule has 170 valence electrons. The Hall–Kier alpha value is -3.94. The molecule has 2 aromatic carbocycles. The second kappa shape index (κ2) is 9.68. The molecule has 8 heteroatoms. The molecule has 0 unspecified atom stereocenters. The number of carbonyl (C=O) groups is 1. The first-order valence-corrected chi connectivity index (χ1v) is 10.7. The zero-order valence-electron chi connectivity index (χ0n) is 19.3. The summed E-state index contributed by atoms with van der Waals surface area (Å²) in [6.07, 6.45) is 0.714. The van der Waals surface area contributed by atoms with Gasteiger partial charge in [0, 0.05) is 24.9 Å². The first kappa shape index (κ1) is 22.3. The summed E-state index contributed by atoms with van der Waals surface area (Å²) in [5, 5.41) is 16.1. The summed E-state index contributed by atoms with van der Waals surface area (Å²) in [6.45, 7) is 4.57. The number of hydrogen-bond donors (Lipinski definition) is 1. The van der Waals surface area contributed by atoms with Crippen LogP contribution in [0.5, 0.6) is 11.5 Å². The Morgan fingerprint density at radius 2 is 1.76 bits per heavy atom. The Bertz CT molecular complexity index is 1300. The SMILES string of the molecule is COc1ccc(CNC(=O)CCc2nnc3ccc(-c4ccc(C)c(C)c4)nn23)cc1OC. The van der Waals surface area contributed by atoms with Gasteiger partial charge in [0.25, 0.3) is 0 Å². The topological polar surface area (TPSA) is 90.6 Å². The van der Waals surface area contributed by atoms with Crippen LogP contribution in [0.25, 0.3) is 16.9 Å². The van der Waals surface area contributed by atoms with Crippen LogP contribution in [-0.4, -0.2) is 39.9 Å². The summed E-state index contributed by atoms with van der Waals surface area (Å²) in [5.41, 5.74) is 5.90. The average molecular weight is 446 g/mol. The van der Waals surface area contributed by atoms with Crippen molar-refractivity contribution in [2.24, 2.45) is 0 Å². The molecule has 2 aromatic heterocycles. The van der Waals surface area contributed by atoms with Gasteiger partial charge in [0.05, 0.1) is 19.9 Å². The van der Waals surface area contributed by atoms with Gasteiger partial charge in [-0.25, -0.2) is 0 Å². The molecular formula is C25H27N5O3. The normalized spacial score (nSPS) is 10.9. The third-order valence-electron chi connectivity index (χ3n) is 5.64. The molecule has 1 amide bonds. The molecule has 0 spiro atoms. The van der Waals surface area contributed by atoms with Crippen LogP contribution in [0, 0.1) is 13.8 Å². The first-order chi connectivity index (χ1) is 16.0. The number of nitrogens with one attached hydrogen (secondary N) is 1. The number of carbonyl (C=O) groups excluding carboxylic acids is 1. The Morgan fingerprint density at radius 1 is 0.939 bits per heavy atom. The summed E-state index contributed by atoms with van der Waals surface area (Å²) in [4.78, 5) is 12.4. The number of methoxy groups -OCH3 is 2. The van der Waals surface area contributed by atoms with Gasteiger partial charge >= 0.3 is 0 Å². The number of ether oxygens (including phenoxy) is 2. The summed E-state index contributed by atoms with van der Waals surface area (Å²) in [7, 11) is 3.18. The fourth-order valence-corrected chi connectivity index (χ4v) is 3.55. The van der Waals surface area contributed by atoms with Crippen molar-refractivity contribution in [3.8, 4) is 22.8 Å². The molecule has 0 fully saturated rings. The molecule has 0 radical (unpaired) electrons. The summed E-state index contributed by atoms with van der Waals surface area (Å²) in [6, 6.07) is 15.7. The average Bonchev–Trinajstić information content (AvgIpc) is 3.25. The number of fused-ring (bicyclic) bond motifs is 1. The lowest BCUT2D eigenvalue weighted by Gasteiger charge is -2.10. The fraction of sp³-hybridized carbons (Fsp3) is 0.280. The van der Waals surface area contributed by atoms with Gasteiger partial charge in [0.1, 0.15) is 0 Å². The molecule has 4 aromatic rings. The van der Waals surface area contributed by atoms with Gasteiger partial charge in [-0.3, -0.25) is 4.79 Å². The molecule has 0 aliphatic carbocycles. The van der Waals surface area contributed by atoms with Crippen LogP contribution in [0.15, 0.2) is 48.5 Å². The van der Waals surface area contributed by atoms with Crippen molar-refractivity contribution < 1.29 is 14.3 Å². The Kier molecular flexibility index (Phi) is 6.53. The number of nitrogens with zero attached hydrogens (tertiary/aromatic N) is 4. The van der Waals surface area contributed by atoms with E-state index in [2.05, 4.69) is 47.6 Å². The largest absolute Gasteiger partial charge is 0.493 e. The number of aromatic nitrogens is 4. The van der Waals surface area contributed by atoms with E-state index in [-0.39, 0.29) is 12.3 Å². The van der Waals surface area contributed by atoms with E-state index in [0.717, 1.165) is 16.8 Å². The molecular weight excluding hydrogens is 418 g/mol. The van der Waals surface area contributed by atoms with Crippen LogP contribution in [0.3, 0.4) is 0 Å². The van der Waals surface area contributed by atoms with Gasteiger partial charge in [0.2, 0.25) is 5.91 Å². The number of benzene rings is 2. The van der Waals surface area contributed by atoms with E-state index in [1.807, 2.05) is 30.3 Å². The lowest BCUT2D eigenvalue weighted by Crippen LogP contribution is -2.23. The highest BCUT2D eigenvalue weighted by molar-refractivity contribution is 5.76. The van der Waals surface area contributed by atoms with Crippen LogP contribution in [-0.2, 0) is 17.8 Å². The minimum atomic E-state index is -0.0770. The second-order valence-electron chi connectivity index (χ2n) is 7.87. The zero-order valence-corrected chi connectivity index (χ0v) is 19.3. The number of amides is 1. The van der Waals surface area contributed by atoms with Crippen LogP contribution in [0.1, 0.15) is 28.9 Å². The van der Waals surface area contributed by atoms with Crippen LogP contribution >= 0.6 is 0 Å². The number of rotatable bonds is 8. The lowest BCUT2D eigenvalue weighted by molar-refractivity contribution is -0.121. The van der Waals surface area contributed by atoms with Gasteiger partial charge in [-0.2, -0.15) is 9.61 Å². The molecule has 4 rings (SSSR count). The molecule has 0 aliphatic rings. The zero-order chi connectivity index (χ0) is 23.4. The predicted octanol–water partition coefficient (Wildman–Crippen LogP) is 3.67. The molecule has 8 nitrogen and oxygen atoms in total. The smallest absolute Gasteiger partial charge is 0.220 e. The van der Waals surface area contributed by atoms with E-state index in [1.54, 1.807) is 18.7 Å². The third-order valence-corrected chi connectivity index (χ3v) is 5.64. The van der Waals surface area contributed by atoms with Gasteiger partial charge in [-0.15, -0.1) is 10.2 Å². The third kappa shape index (κ3) is 4.95. The first-order valence-electron chi connectivity index (χ1n) is 10.7. The van der Waals surface area contributed by atoms with E-state index in [4.69, 9.17) is 14.6 Å². The standard InChI is InChI=1S/C25H27N5O3/c1-16-5-7-19(13-17(16)2)20-8-10-23-27-28-24(30(23)29-20)11-12-25(31)26-15-18-6-9-21(32-3)22(14-18)33-4/h5-10,13-14H,11-12,15H2,1-4H3,(H,26,31). The van der Waals surface area contributed by atoms with E-state index in [1.165, 1.54) is 11.1 Å². The van der Waals surface area contributed by atoms with Crippen molar-refractivity contribution >= 4 is 11.6 Å². The summed E-state index contributed by atoms with van der Waals surface area (Å²) < 4.78 is 12.3. The monoisotopic (exact) mass is 445 g/mol. The number of hydrogen-bond acceptors (Lipinski definition) is 6. The van der Waals surface area contributed by atoms with E-state index in [9.17, 15) is 4.79 Å². The van der Waals surface area contributed by atoms with E-state index in [0.29, 0.717) is 35.9 Å². The van der Waals surface area contributed by atoms with Crippen molar-refractivity contribution in [3.63, 3.8) is 0 Å². The van der Waals surface area contributed by atoms with Crippen molar-refractivity contribution in [2.45, 2.75) is 33.2 Å². The van der Waals surface area contributed by atoms with E-state index >= 15 is 0 Å². The van der Waals surface area contributed by atoms with Gasteiger partial charge < -0.3 is 14.8 Å². The van der Waals surface area contributed by atoms with Crippen LogP contribution in [0.2, 0.25) is 0 Å². The summed E-state index contributed by atoms with van der Waals surface area (Å²) in [5.74, 6) is 1.85. The molecule has 0 saturated carbocycles. The van der Waals surface area contributed by atoms with Crippen molar-refractivity contribution in [3.05, 3.63) is 71.0 Å². The highest BCUT2D eigenvalue weighted by Gasteiger charge is 2.12. The van der Waals surface area contributed by atoms with Crippen molar-refractivity contribution in [2.75, 3.05) is 14.2 Å². The maximum atomic E-state index is 12.4. The van der Waals surface area contributed by atoms with Crippen LogP contribution < -0.4 is 14.8 Å². The second-order valence-corrected chi connectivity index (χ2v) is 7.87. The molecule has 33 heavy (non-hydrogen) atoms. The van der Waals surface area contributed by atoms with Crippen LogP contribution in [0.4, 0.5) is 0 Å². The molecule has 1 N–H and O–H groups in total. The van der Waals surface area contributed by atoms with E-state index < -0.39 is 0 Å². The Labute approximate surface area is 192 Å². The minimum absolute atomic E-state index is 0.0770. The maximum absolute atomic E-state index is 12.4. The quantitative estimate of drug-likeness (QED) is 0.445. The molecule has 2 heterocycles. The predicted molar refractivity (Wildman–Crippen MR) is 125 cm³/mol. The number of aryl methyl sites for hydroxylation is 3. The molecule has 0 atom stereocenters. The highest BCUT2D eigenvalue weighted by atomic mass is 16.5. The fourth-order valence-electron chi connectivity index (χ4n) is 3.55. The maximum Gasteiger partial charge on any atom is 0.220 e.